The number of hydrogen-bond donors (Lipinski definition) is 0. The lowest BCUT2D eigenvalue weighted by molar-refractivity contribution is -0.164. The number of ether oxygens (including phenoxy) is 1. The van der Waals surface area contributed by atoms with E-state index in [9.17, 15) is 26.7 Å². The Balaban J connectivity index is 1.43. The maximum absolute atomic E-state index is 13.5. The molecule has 0 radical (unpaired) electrons. The van der Waals surface area contributed by atoms with Crippen molar-refractivity contribution in [2.24, 2.45) is 0 Å². The highest BCUT2D eigenvalue weighted by Gasteiger charge is 2.41. The number of likely N-dealkylation sites (tertiary alicyclic amines) is 1. The lowest BCUT2D eigenvalue weighted by Crippen LogP contribution is -2.45. The number of hydrogen-bond acceptors (Lipinski definition) is 3. The number of nitrogens with zero attached hydrogens (tertiary/aromatic N) is 1. The van der Waals surface area contributed by atoms with Crippen LogP contribution in [0.5, 0.6) is 0 Å². The second-order valence-corrected chi connectivity index (χ2v) is 9.81. The molecule has 1 saturated heterocycles. The third-order valence-corrected chi connectivity index (χ3v) is 7.23. The van der Waals surface area contributed by atoms with Crippen LogP contribution in [0.15, 0.2) is 72.8 Å². The van der Waals surface area contributed by atoms with Crippen molar-refractivity contribution >= 4 is 5.97 Å². The van der Waals surface area contributed by atoms with E-state index in [0.29, 0.717) is 31.5 Å². The van der Waals surface area contributed by atoms with E-state index in [4.69, 9.17) is 4.74 Å². The van der Waals surface area contributed by atoms with Gasteiger partial charge in [0.1, 0.15) is 17.2 Å². The first-order valence-corrected chi connectivity index (χ1v) is 12.7. The smallest absolute Gasteiger partial charge is 0.416 e. The van der Waals surface area contributed by atoms with Gasteiger partial charge < -0.3 is 9.64 Å². The molecular formula is C30H30F5NO2. The zero-order chi connectivity index (χ0) is 27.3. The molecule has 0 spiro atoms. The van der Waals surface area contributed by atoms with Crippen LogP contribution in [0.2, 0.25) is 0 Å². The van der Waals surface area contributed by atoms with Gasteiger partial charge in [0.25, 0.3) is 0 Å². The molecule has 8 heteroatoms. The number of halogens is 5. The molecule has 1 fully saturated rings. The van der Waals surface area contributed by atoms with Crippen LogP contribution in [0.4, 0.5) is 22.0 Å². The summed E-state index contributed by atoms with van der Waals surface area (Å²) in [6.07, 6.45) is -2.18. The molecule has 0 saturated carbocycles. The van der Waals surface area contributed by atoms with Crippen molar-refractivity contribution in [1.82, 2.24) is 4.90 Å². The molecule has 0 aliphatic carbocycles. The van der Waals surface area contributed by atoms with Gasteiger partial charge in [-0.15, -0.1) is 0 Å². The van der Waals surface area contributed by atoms with Gasteiger partial charge in [-0.1, -0.05) is 36.4 Å². The maximum Gasteiger partial charge on any atom is 0.416 e. The predicted molar refractivity (Wildman–Crippen MR) is 134 cm³/mol. The number of benzene rings is 3. The van der Waals surface area contributed by atoms with Gasteiger partial charge in [0.05, 0.1) is 5.56 Å². The Bertz CT molecular complexity index is 1170. The first-order valence-electron chi connectivity index (χ1n) is 12.7. The van der Waals surface area contributed by atoms with Crippen molar-refractivity contribution in [2.45, 2.75) is 50.3 Å². The van der Waals surface area contributed by atoms with Crippen molar-refractivity contribution in [3.05, 3.63) is 107 Å². The number of esters is 1. The highest BCUT2D eigenvalue weighted by molar-refractivity contribution is 5.67. The molecule has 4 rings (SSSR count). The van der Waals surface area contributed by atoms with Crippen LogP contribution in [0.25, 0.3) is 0 Å². The normalized spacial score (nSPS) is 16.0. The standard InChI is InChI=1S/C30H30F5NO2/c1-21(37)38-29(24-4-2-5-25(20-24)30(33,34)35)15-18-36(19-16-29)17-3-6-28(22-7-11-26(31)12-8-22)23-9-13-27(32)14-10-23/h2,4-5,7-14,20,28H,3,6,15-19H2,1H3. The fourth-order valence-corrected chi connectivity index (χ4v) is 5.28. The Kier molecular flexibility index (Phi) is 8.51. The fraction of sp³-hybridized carbons (Fsp3) is 0.367. The lowest BCUT2D eigenvalue weighted by Gasteiger charge is -2.41. The third kappa shape index (κ3) is 6.78. The highest BCUT2D eigenvalue weighted by atomic mass is 19.4. The Morgan fingerprint density at radius 2 is 1.47 bits per heavy atom. The molecule has 1 aliphatic heterocycles. The molecule has 0 N–H and O–H groups in total. The molecule has 0 bridgehead atoms. The van der Waals surface area contributed by atoms with Crippen LogP contribution in [0, 0.1) is 11.6 Å². The Morgan fingerprint density at radius 3 is 1.97 bits per heavy atom. The summed E-state index contributed by atoms with van der Waals surface area (Å²) < 4.78 is 72.6. The Labute approximate surface area is 219 Å². The minimum absolute atomic E-state index is 0.0359. The largest absolute Gasteiger partial charge is 0.454 e. The second kappa shape index (κ2) is 11.6. The summed E-state index contributed by atoms with van der Waals surface area (Å²) in [7, 11) is 0. The summed E-state index contributed by atoms with van der Waals surface area (Å²) in [6.45, 7) is 3.12. The fourth-order valence-electron chi connectivity index (χ4n) is 5.28. The number of piperidine rings is 1. The summed E-state index contributed by atoms with van der Waals surface area (Å²) >= 11 is 0. The van der Waals surface area contributed by atoms with E-state index in [1.54, 1.807) is 30.3 Å². The summed E-state index contributed by atoms with van der Waals surface area (Å²) in [5, 5.41) is 0. The Morgan fingerprint density at radius 1 is 0.921 bits per heavy atom. The van der Waals surface area contributed by atoms with Crippen LogP contribution in [-0.2, 0) is 21.3 Å². The molecule has 3 aromatic carbocycles. The summed E-state index contributed by atoms with van der Waals surface area (Å²) in [4.78, 5) is 14.1. The average Bonchev–Trinajstić information content (AvgIpc) is 2.88. The topological polar surface area (TPSA) is 29.5 Å². The van der Waals surface area contributed by atoms with E-state index in [1.165, 1.54) is 37.3 Å². The number of rotatable bonds is 8. The number of carbonyl (C=O) groups excluding carboxylic acids is 1. The van der Waals surface area contributed by atoms with Crippen LogP contribution < -0.4 is 0 Å². The van der Waals surface area contributed by atoms with E-state index in [0.717, 1.165) is 42.6 Å². The number of carbonyl (C=O) groups is 1. The number of alkyl halides is 3. The summed E-state index contributed by atoms with van der Waals surface area (Å²) in [6, 6.07) is 17.7. The monoisotopic (exact) mass is 531 g/mol. The van der Waals surface area contributed by atoms with Crippen molar-refractivity contribution < 1.29 is 31.5 Å². The van der Waals surface area contributed by atoms with Gasteiger partial charge in [-0.25, -0.2) is 8.78 Å². The minimum atomic E-state index is -4.49. The molecule has 0 aromatic heterocycles. The molecule has 1 heterocycles. The van der Waals surface area contributed by atoms with Gasteiger partial charge in [-0.3, -0.25) is 4.79 Å². The zero-order valence-electron chi connectivity index (χ0n) is 21.1. The van der Waals surface area contributed by atoms with E-state index in [1.807, 2.05) is 0 Å². The summed E-state index contributed by atoms with van der Waals surface area (Å²) in [5.41, 5.74) is 0.366. The van der Waals surface area contributed by atoms with Crippen molar-refractivity contribution in [2.75, 3.05) is 19.6 Å². The quantitative estimate of drug-likeness (QED) is 0.223. The molecule has 202 valence electrons. The third-order valence-electron chi connectivity index (χ3n) is 7.23. The van der Waals surface area contributed by atoms with Gasteiger partial charge in [-0.05, 0) is 72.5 Å². The first kappa shape index (κ1) is 27.8. The SMILES string of the molecule is CC(=O)OC1(c2cccc(C(F)(F)F)c2)CCN(CCCC(c2ccc(F)cc2)c2ccc(F)cc2)CC1. The molecule has 3 aromatic rings. The Hall–Kier alpha value is -3.26. The maximum atomic E-state index is 13.5. The molecule has 38 heavy (non-hydrogen) atoms. The van der Waals surface area contributed by atoms with Crippen LogP contribution in [0.1, 0.15) is 60.8 Å². The van der Waals surface area contributed by atoms with Gasteiger partial charge in [0.15, 0.2) is 0 Å². The van der Waals surface area contributed by atoms with E-state index >= 15 is 0 Å². The van der Waals surface area contributed by atoms with Crippen molar-refractivity contribution in [3.63, 3.8) is 0 Å². The van der Waals surface area contributed by atoms with E-state index < -0.39 is 23.3 Å². The minimum Gasteiger partial charge on any atom is -0.454 e. The summed E-state index contributed by atoms with van der Waals surface area (Å²) in [5.74, 6) is -1.21. The molecule has 0 unspecified atom stereocenters. The van der Waals surface area contributed by atoms with E-state index in [-0.39, 0.29) is 17.6 Å². The second-order valence-electron chi connectivity index (χ2n) is 9.81. The predicted octanol–water partition coefficient (Wildman–Crippen LogP) is 7.45. The van der Waals surface area contributed by atoms with Gasteiger partial charge >= 0.3 is 12.1 Å². The van der Waals surface area contributed by atoms with Crippen molar-refractivity contribution in [1.29, 1.82) is 0 Å². The molecule has 3 nitrogen and oxygen atoms in total. The van der Waals surface area contributed by atoms with Crippen LogP contribution in [-0.4, -0.2) is 30.5 Å². The van der Waals surface area contributed by atoms with E-state index in [2.05, 4.69) is 4.90 Å². The average molecular weight is 532 g/mol. The molecule has 0 atom stereocenters. The van der Waals surface area contributed by atoms with Crippen LogP contribution in [0.3, 0.4) is 0 Å². The lowest BCUT2D eigenvalue weighted by atomic mass is 9.83. The first-order chi connectivity index (χ1) is 18.1. The van der Waals surface area contributed by atoms with Gasteiger partial charge in [0, 0.05) is 38.8 Å². The molecular weight excluding hydrogens is 501 g/mol. The van der Waals surface area contributed by atoms with Gasteiger partial charge in [0.2, 0.25) is 0 Å². The zero-order valence-corrected chi connectivity index (χ0v) is 21.1. The molecule has 1 aliphatic rings. The van der Waals surface area contributed by atoms with Crippen molar-refractivity contribution in [3.8, 4) is 0 Å². The molecule has 0 amide bonds. The van der Waals surface area contributed by atoms with Crippen LogP contribution >= 0.6 is 0 Å². The van der Waals surface area contributed by atoms with Gasteiger partial charge in [-0.2, -0.15) is 13.2 Å². The highest BCUT2D eigenvalue weighted by Crippen LogP contribution is 2.40.